The van der Waals surface area contributed by atoms with Crippen molar-refractivity contribution in [2.75, 3.05) is 66.3 Å². The Morgan fingerprint density at radius 1 is 0.500 bits per heavy atom. The smallest absolute Gasteiger partial charge is 0.206 e. The topological polar surface area (TPSA) is 224 Å². The average molecular weight is 1250 g/mol. The number of aromatic nitrogens is 5. The average Bonchev–Trinajstić information content (AvgIpc) is 3.28. The van der Waals surface area contributed by atoms with Gasteiger partial charge in [-0.25, -0.2) is 9.97 Å². The molecule has 0 atom stereocenters. The lowest BCUT2D eigenvalue weighted by Gasteiger charge is -2.23. The molecule has 0 bridgehead atoms. The summed E-state index contributed by atoms with van der Waals surface area (Å²) in [4.78, 5) is 66.8. The molecule has 9 aromatic rings. The first-order valence-electron chi connectivity index (χ1n) is 29.1. The number of nitrogen functional groups attached to an aromatic ring is 2. The summed E-state index contributed by atoms with van der Waals surface area (Å²) in [7, 11) is 6.39. The zero-order valence-electron chi connectivity index (χ0n) is 49.9. The first kappa shape index (κ1) is 61.8. The number of carbonyl (C=O) groups is 2. The summed E-state index contributed by atoms with van der Waals surface area (Å²) in [5.74, 6) is 3.73. The molecule has 17 nitrogen and oxygen atoms in total. The molecule has 452 valence electrons. The van der Waals surface area contributed by atoms with Crippen LogP contribution >= 0.6 is 15.9 Å². The number of aryl methyl sites for hydroxylation is 1. The highest BCUT2D eigenvalue weighted by atomic mass is 79.9. The number of carbonyl (C=O) groups excluding carboxylic acids is 2. The molecular formula is C70H70BrN7O10. The molecule has 5 aromatic heterocycles. The summed E-state index contributed by atoms with van der Waals surface area (Å²) < 4.78 is 36.9. The van der Waals surface area contributed by atoms with E-state index in [1.165, 1.54) is 0 Å². The fraction of sp³-hybridized carbons (Fsp3) is 0.271. The molecule has 0 aliphatic carbocycles. The molecule has 11 rings (SSSR count). The van der Waals surface area contributed by atoms with E-state index in [0.717, 1.165) is 120 Å². The molecule has 4 aromatic carbocycles. The molecule has 4 N–H and O–H groups in total. The van der Waals surface area contributed by atoms with E-state index in [1.54, 1.807) is 65.6 Å². The van der Waals surface area contributed by atoms with Crippen LogP contribution in [-0.2, 0) is 35.4 Å². The molecule has 2 fully saturated rings. The van der Waals surface area contributed by atoms with Crippen LogP contribution in [0.3, 0.4) is 0 Å². The Kier molecular flexibility index (Phi) is 20.0. The predicted octanol–water partition coefficient (Wildman–Crippen LogP) is 12.2. The fourth-order valence-corrected chi connectivity index (χ4v) is 11.5. The zero-order valence-corrected chi connectivity index (χ0v) is 51.5. The van der Waals surface area contributed by atoms with Gasteiger partial charge >= 0.3 is 0 Å². The number of methoxy groups -OCH3 is 4. The number of pyridine rings is 5. The minimum atomic E-state index is -0.308. The maximum atomic E-state index is 13.7. The summed E-state index contributed by atoms with van der Waals surface area (Å²) in [6.45, 7) is 6.34. The Hall–Kier alpha value is -9.23. The molecule has 0 spiro atoms. The normalized spacial score (nSPS) is 13.5. The van der Waals surface area contributed by atoms with Crippen LogP contribution in [0.2, 0.25) is 0 Å². The number of rotatable bonds is 19. The van der Waals surface area contributed by atoms with Crippen molar-refractivity contribution in [2.24, 2.45) is 11.8 Å². The summed E-state index contributed by atoms with van der Waals surface area (Å²) in [6.07, 6.45) is 16.2. The minimum absolute atomic E-state index is 0.0803. The number of hydrogen-bond donors (Lipinski definition) is 2. The van der Waals surface area contributed by atoms with Crippen LogP contribution in [0.1, 0.15) is 63.1 Å². The van der Waals surface area contributed by atoms with Crippen molar-refractivity contribution in [1.82, 2.24) is 24.1 Å². The van der Waals surface area contributed by atoms with E-state index in [2.05, 4.69) is 30.9 Å². The molecule has 0 saturated carbocycles. The Balaban J connectivity index is 0.000000196. The predicted molar refractivity (Wildman–Crippen MR) is 345 cm³/mol. The third kappa shape index (κ3) is 14.8. The van der Waals surface area contributed by atoms with E-state index in [-0.39, 0.29) is 46.4 Å². The SMILES string of the molecule is COc1ccc(-c2cnc(N)c(-c3ccc(CC(=O)c4cn(CC5CCOCC5)cc(-c5ccc(C)cn5)c4=O)cc3)c2)cc1OC.COc1ccc(-c2cnc(N)c(-c3ccc(CC(=O)c4cn(CC5CCOCC5)cc(Br)c4=O)cc3)c2)cc1OC. The van der Waals surface area contributed by atoms with Gasteiger partial charge in [-0.2, -0.15) is 0 Å². The Labute approximate surface area is 519 Å². The molecule has 7 heterocycles. The van der Waals surface area contributed by atoms with Crippen LogP contribution in [0.4, 0.5) is 11.6 Å². The van der Waals surface area contributed by atoms with Gasteiger partial charge in [-0.1, -0.05) is 66.7 Å². The maximum Gasteiger partial charge on any atom is 0.206 e. The Bertz CT molecular complexity index is 4080. The molecule has 88 heavy (non-hydrogen) atoms. The third-order valence-corrected chi connectivity index (χ3v) is 16.6. The van der Waals surface area contributed by atoms with Crippen molar-refractivity contribution in [3.63, 3.8) is 0 Å². The van der Waals surface area contributed by atoms with Gasteiger partial charge in [0.25, 0.3) is 0 Å². The van der Waals surface area contributed by atoms with E-state index < -0.39 is 0 Å². The number of halogens is 1. The van der Waals surface area contributed by atoms with E-state index in [9.17, 15) is 19.2 Å². The van der Waals surface area contributed by atoms with Gasteiger partial charge in [0.1, 0.15) is 11.6 Å². The van der Waals surface area contributed by atoms with Crippen molar-refractivity contribution in [3.05, 3.63) is 205 Å². The number of ketones is 2. The second-order valence-electron chi connectivity index (χ2n) is 22.0. The first-order chi connectivity index (χ1) is 42.7. The van der Waals surface area contributed by atoms with Gasteiger partial charge in [0.05, 0.1) is 55.3 Å². The second kappa shape index (κ2) is 28.5. The highest BCUT2D eigenvalue weighted by molar-refractivity contribution is 9.10. The van der Waals surface area contributed by atoms with Gasteiger partial charge < -0.3 is 49.0 Å². The van der Waals surface area contributed by atoms with Crippen LogP contribution in [0.25, 0.3) is 55.8 Å². The lowest BCUT2D eigenvalue weighted by atomic mass is 9.97. The van der Waals surface area contributed by atoms with Gasteiger partial charge in [-0.05, 0) is 142 Å². The van der Waals surface area contributed by atoms with Gasteiger partial charge in [0.15, 0.2) is 34.6 Å². The number of hydrogen-bond acceptors (Lipinski definition) is 15. The number of anilines is 2. The van der Waals surface area contributed by atoms with Gasteiger partial charge in [-0.3, -0.25) is 24.2 Å². The monoisotopic (exact) mass is 1250 g/mol. The molecule has 0 radical (unpaired) electrons. The van der Waals surface area contributed by atoms with Crippen molar-refractivity contribution < 1.29 is 38.0 Å². The molecule has 2 saturated heterocycles. The first-order valence-corrected chi connectivity index (χ1v) is 29.9. The number of ether oxygens (including phenoxy) is 6. The molecule has 2 aliphatic heterocycles. The standard InChI is InChI=1S/C38H38N4O5.C32H32BrN3O5/c1-24-4-10-33(40-19-24)31-22-42(21-26-12-14-47-15-13-26)23-32(37(31)44)34(43)16-25-5-7-27(8-6-25)30-17-29(20-41-38(30)39)28-9-11-35(45-2)36(18-28)46-3;1-39-29-8-7-23(15-30(29)40-2)24-14-25(32(34)35-16-24)22-5-3-20(4-6-22)13-28(37)26-18-36(19-27(33)31(26)38)17-21-9-11-41-12-10-21/h4-11,17-20,22-23,26H,12-16,21H2,1-3H3,(H2,39,41);3-8,14-16,18-19,21H,9-13,17H2,1-2H3,(H2,34,35). The van der Waals surface area contributed by atoms with E-state index in [4.69, 9.17) is 39.9 Å². The highest BCUT2D eigenvalue weighted by Gasteiger charge is 2.23. The fourth-order valence-electron chi connectivity index (χ4n) is 11.0. The van der Waals surface area contributed by atoms with E-state index in [1.807, 2.05) is 131 Å². The number of nitrogens with two attached hydrogens (primary N) is 2. The summed E-state index contributed by atoms with van der Waals surface area (Å²) in [5, 5.41) is 0. The third-order valence-electron chi connectivity index (χ3n) is 16.1. The van der Waals surface area contributed by atoms with Gasteiger partial charge in [0, 0.05) is 118 Å². The van der Waals surface area contributed by atoms with Crippen LogP contribution in [0.15, 0.2) is 167 Å². The zero-order chi connectivity index (χ0) is 61.8. The van der Waals surface area contributed by atoms with Crippen LogP contribution < -0.4 is 41.3 Å². The summed E-state index contributed by atoms with van der Waals surface area (Å²) >= 11 is 3.35. The van der Waals surface area contributed by atoms with Gasteiger partial charge in [0.2, 0.25) is 10.9 Å². The summed E-state index contributed by atoms with van der Waals surface area (Å²) in [5.41, 5.74) is 22.7. The number of benzene rings is 4. The van der Waals surface area contributed by atoms with Gasteiger partial charge in [-0.15, -0.1) is 0 Å². The van der Waals surface area contributed by atoms with E-state index >= 15 is 0 Å². The molecular weight excluding hydrogens is 1180 g/mol. The Morgan fingerprint density at radius 3 is 1.36 bits per heavy atom. The number of nitrogens with zero attached hydrogens (tertiary/aromatic N) is 5. The lowest BCUT2D eigenvalue weighted by Crippen LogP contribution is -2.25. The molecule has 18 heteroatoms. The van der Waals surface area contributed by atoms with Crippen molar-refractivity contribution >= 4 is 39.1 Å². The Morgan fingerprint density at radius 2 is 0.932 bits per heavy atom. The van der Waals surface area contributed by atoms with E-state index in [0.29, 0.717) is 68.7 Å². The highest BCUT2D eigenvalue weighted by Crippen LogP contribution is 2.37. The van der Waals surface area contributed by atoms with Crippen LogP contribution in [0.5, 0.6) is 23.0 Å². The lowest BCUT2D eigenvalue weighted by molar-refractivity contribution is 0.0611. The maximum absolute atomic E-state index is 13.7. The molecule has 2 aliphatic rings. The van der Waals surface area contributed by atoms with Crippen molar-refractivity contribution in [2.45, 2.75) is 58.5 Å². The molecule has 0 unspecified atom stereocenters. The van der Waals surface area contributed by atoms with Crippen LogP contribution in [0, 0.1) is 18.8 Å². The van der Waals surface area contributed by atoms with Crippen molar-refractivity contribution in [1.29, 1.82) is 0 Å². The number of Topliss-reactive ketones (excluding diaryl/α,β-unsaturated/α-hetero) is 2. The van der Waals surface area contributed by atoms with Crippen LogP contribution in [-0.4, -0.2) is 90.5 Å². The largest absolute Gasteiger partial charge is 0.493 e. The second-order valence-corrected chi connectivity index (χ2v) is 22.9. The van der Waals surface area contributed by atoms with Crippen molar-refractivity contribution in [3.8, 4) is 78.8 Å². The summed E-state index contributed by atoms with van der Waals surface area (Å²) in [6, 6.07) is 34.3. The minimum Gasteiger partial charge on any atom is -0.493 e. The quantitative estimate of drug-likeness (QED) is 0.0718. The molecule has 0 amide bonds.